The van der Waals surface area contributed by atoms with Gasteiger partial charge in [0.2, 0.25) is 0 Å². The number of aliphatic carboxylic acids is 4. The van der Waals surface area contributed by atoms with E-state index in [1.165, 1.54) is 38.5 Å². The number of rotatable bonds is 24. The van der Waals surface area contributed by atoms with Crippen molar-refractivity contribution in [3.63, 3.8) is 0 Å². The molecule has 0 aliphatic rings. The number of hydrogen-bond donors (Lipinski definition) is 0. The van der Waals surface area contributed by atoms with Gasteiger partial charge in [0.15, 0.2) is 0 Å². The summed E-state index contributed by atoms with van der Waals surface area (Å²) >= 11 is -0.528. The van der Waals surface area contributed by atoms with E-state index in [4.69, 9.17) is 0 Å². The van der Waals surface area contributed by atoms with Crippen molar-refractivity contribution in [2.45, 2.75) is 191 Å². The van der Waals surface area contributed by atoms with E-state index in [1.807, 2.05) is 0 Å². The molecule has 0 saturated carbocycles. The molecular weight excluding hydrogens is 679 g/mol. The monoisotopic (exact) mass is 748 g/mol. The molecule has 9 heteroatoms. The minimum absolute atomic E-state index is 0.0692. The Morgan fingerprint density at radius 3 is 0.956 bits per heavy atom. The summed E-state index contributed by atoms with van der Waals surface area (Å²) in [7, 11) is 0. The van der Waals surface area contributed by atoms with Crippen molar-refractivity contribution < 1.29 is 39.6 Å². The molecule has 0 rings (SSSR count). The average Bonchev–Trinajstić information content (AvgIpc) is 2.88. The Morgan fingerprint density at radius 1 is 0.467 bits per heavy atom. The summed E-state index contributed by atoms with van der Waals surface area (Å²) in [5.74, 6) is -5.35. The number of carboxylic acid groups (broad SMARTS) is 4. The Labute approximate surface area is 286 Å². The standard InChI is InChI=1S/2C14H26O4.2C4H9.Sn.2H/c2*1-2-3-4-5-6-7-9-12(14(17)18)10-8-11-13(15)16;2*1-4(2)3;;;/h2*12H,2-11H2,1H3,(H,15,16)(H,17,18);2*1-3H3;;;/q;;;;+4;;/p-4. The molecule has 8 nitrogen and oxygen atoms in total. The van der Waals surface area contributed by atoms with Crippen LogP contribution >= 0.6 is 0 Å². The fraction of sp³-hybridized carbons (Fsp3) is 0.889. The Bertz CT molecular complexity index is 693. The molecule has 0 aromatic carbocycles. The van der Waals surface area contributed by atoms with E-state index in [2.05, 4.69) is 55.4 Å². The molecule has 0 aliphatic carbocycles. The molecule has 264 valence electrons. The van der Waals surface area contributed by atoms with Crippen molar-refractivity contribution in [1.82, 2.24) is 0 Å². The molecule has 0 aliphatic heterocycles. The second-order valence-electron chi connectivity index (χ2n) is 15.0. The third-order valence-corrected chi connectivity index (χ3v) is 13.5. The molecule has 2 atom stereocenters. The molecule has 0 aromatic heterocycles. The summed E-state index contributed by atoms with van der Waals surface area (Å²) < 4.78 is 1.39. The van der Waals surface area contributed by atoms with E-state index in [9.17, 15) is 39.6 Å². The fourth-order valence-corrected chi connectivity index (χ4v) is 14.8. The van der Waals surface area contributed by atoms with Crippen molar-refractivity contribution >= 4 is 45.0 Å². The van der Waals surface area contributed by atoms with Crippen molar-refractivity contribution in [2.75, 3.05) is 0 Å². The van der Waals surface area contributed by atoms with Gasteiger partial charge in [0.25, 0.3) is 0 Å². The van der Waals surface area contributed by atoms with Crippen LogP contribution in [0.15, 0.2) is 0 Å². The van der Waals surface area contributed by atoms with Crippen LogP contribution < -0.4 is 20.4 Å². The summed E-state index contributed by atoms with van der Waals surface area (Å²) in [6.07, 6.45) is 16.0. The quantitative estimate of drug-likeness (QED) is 0.102. The van der Waals surface area contributed by atoms with Crippen molar-refractivity contribution in [3.8, 4) is 0 Å². The van der Waals surface area contributed by atoms with Crippen molar-refractivity contribution in [3.05, 3.63) is 0 Å². The van der Waals surface area contributed by atoms with Crippen molar-refractivity contribution in [1.29, 1.82) is 0 Å². The van der Waals surface area contributed by atoms with E-state index < -0.39 is 56.9 Å². The summed E-state index contributed by atoms with van der Waals surface area (Å²) in [5.41, 5.74) is 0. The molecule has 0 saturated heterocycles. The first-order chi connectivity index (χ1) is 20.9. The normalized spacial score (nSPS) is 12.6. The Morgan fingerprint density at radius 2 is 0.733 bits per heavy atom. The van der Waals surface area contributed by atoms with Crippen molar-refractivity contribution in [2.24, 2.45) is 11.8 Å². The number of carbonyl (C=O) groups is 4. The predicted molar refractivity (Wildman–Crippen MR) is 179 cm³/mol. The Kier molecular flexibility index (Phi) is 32.1. The Hall–Kier alpha value is -1.32. The van der Waals surface area contributed by atoms with Gasteiger partial charge in [-0.05, 0) is 63.2 Å². The first-order valence-electron chi connectivity index (χ1n) is 17.7. The van der Waals surface area contributed by atoms with Gasteiger partial charge in [-0.25, -0.2) is 0 Å². The molecule has 0 fully saturated rings. The van der Waals surface area contributed by atoms with E-state index >= 15 is 0 Å². The Balaban J connectivity index is -0.000000622. The van der Waals surface area contributed by atoms with Gasteiger partial charge in [-0.15, -0.1) is 0 Å². The maximum absolute atomic E-state index is 10.9. The van der Waals surface area contributed by atoms with E-state index in [1.54, 1.807) is 0 Å². The van der Waals surface area contributed by atoms with Crippen LogP contribution in [-0.2, 0) is 19.2 Å². The van der Waals surface area contributed by atoms with E-state index in [0.29, 0.717) is 45.4 Å². The second kappa shape index (κ2) is 30.0. The van der Waals surface area contributed by atoms with Crippen LogP contribution in [-0.4, -0.2) is 45.0 Å². The molecule has 2 unspecified atom stereocenters. The summed E-state index contributed by atoms with van der Waals surface area (Å²) in [4.78, 5) is 42.2. The molecule has 4 radical (unpaired) electrons. The predicted octanol–water partition coefficient (Wildman–Crippen LogP) is 4.64. The van der Waals surface area contributed by atoms with Crippen LogP contribution in [0.4, 0.5) is 0 Å². The average molecular weight is 748 g/mol. The van der Waals surface area contributed by atoms with Gasteiger partial charge in [0, 0.05) is 23.9 Å². The fourth-order valence-electron chi connectivity index (χ4n) is 5.68. The van der Waals surface area contributed by atoms with Gasteiger partial charge in [-0.2, -0.15) is 0 Å². The number of carbonyl (C=O) groups excluding carboxylic acids is 4. The summed E-state index contributed by atoms with van der Waals surface area (Å²) in [6, 6.07) is 0. The number of carboxylic acids is 4. The topological polar surface area (TPSA) is 161 Å². The van der Waals surface area contributed by atoms with Gasteiger partial charge in [0.1, 0.15) is 0 Å². The van der Waals surface area contributed by atoms with Crippen LogP contribution in [0.1, 0.15) is 184 Å². The van der Waals surface area contributed by atoms with Gasteiger partial charge >= 0.3 is 69.5 Å². The molecule has 45 heavy (non-hydrogen) atoms. The zero-order chi connectivity index (χ0) is 35.3. The molecule has 0 N–H and O–H groups in total. The van der Waals surface area contributed by atoms with E-state index in [0.717, 1.165) is 38.5 Å². The molecule has 0 spiro atoms. The molecular formula is C36H68O8Sn. The van der Waals surface area contributed by atoms with Gasteiger partial charge in [-0.1, -0.05) is 90.9 Å². The van der Waals surface area contributed by atoms with E-state index in [-0.39, 0.29) is 12.8 Å². The third-order valence-electron chi connectivity index (χ3n) is 7.41. The van der Waals surface area contributed by atoms with Crippen LogP contribution in [0.2, 0.25) is 6.86 Å². The first-order valence-corrected chi connectivity index (χ1v) is 21.7. The van der Waals surface area contributed by atoms with Gasteiger partial charge in [0.05, 0.1) is 0 Å². The summed E-state index contributed by atoms with van der Waals surface area (Å²) in [6.45, 7) is 18.6. The second-order valence-corrected chi connectivity index (χ2v) is 28.1. The van der Waals surface area contributed by atoms with Crippen LogP contribution in [0.5, 0.6) is 0 Å². The molecule has 0 aromatic rings. The maximum atomic E-state index is 10.9. The molecule has 0 amide bonds. The first kappa shape index (κ1) is 48.1. The van der Waals surface area contributed by atoms with Crippen LogP contribution in [0.3, 0.4) is 0 Å². The SMILES string of the molecule is CCCCCCCCC(CCCC(=O)[O-])C(=O)[O-].CCCCCCCCC(CCCC(=O)[O-])C(=O)[O-].C[C](C)(C)[SnH2+4][C](C)(C)C. The number of unbranched alkanes of at least 4 members (excludes halogenated alkanes) is 10. The van der Waals surface area contributed by atoms with Gasteiger partial charge < -0.3 is 39.6 Å². The summed E-state index contributed by atoms with van der Waals surface area (Å²) in [5, 5.41) is 42.2. The van der Waals surface area contributed by atoms with Gasteiger partial charge in [-0.3, -0.25) is 0 Å². The van der Waals surface area contributed by atoms with Crippen LogP contribution in [0, 0.1) is 11.8 Å². The zero-order valence-corrected chi connectivity index (χ0v) is 34.3. The minimum atomic E-state index is -1.12. The third kappa shape index (κ3) is 42.7. The molecule has 0 heterocycles. The molecule has 0 bridgehead atoms. The van der Waals surface area contributed by atoms with Crippen LogP contribution in [0.25, 0.3) is 0 Å². The number of hydrogen-bond acceptors (Lipinski definition) is 8. The zero-order valence-electron chi connectivity index (χ0n) is 30.3.